The Morgan fingerprint density at radius 2 is 2.00 bits per heavy atom. The number of ether oxygens (including phenoxy) is 2. The zero-order valence-corrected chi connectivity index (χ0v) is 16.3. The number of halogens is 2. The molecule has 2 rings (SSSR count). The van der Waals surface area contributed by atoms with Crippen molar-refractivity contribution in [2.24, 2.45) is 4.99 Å². The van der Waals surface area contributed by atoms with E-state index < -0.39 is 6.61 Å². The van der Waals surface area contributed by atoms with E-state index in [4.69, 9.17) is 4.74 Å². The van der Waals surface area contributed by atoms with Crippen molar-refractivity contribution < 1.29 is 23.0 Å². The van der Waals surface area contributed by atoms with Gasteiger partial charge in [-0.25, -0.2) is 0 Å². The van der Waals surface area contributed by atoms with Crippen LogP contribution in [0.5, 0.6) is 11.5 Å². The Bertz CT molecular complexity index is 665. The Balaban J connectivity index is 1.86. The predicted octanol–water partition coefficient (Wildman–Crippen LogP) is 2.41. The van der Waals surface area contributed by atoms with Crippen LogP contribution in [-0.4, -0.2) is 45.2 Å². The molecule has 3 N–H and O–H groups in total. The molecule has 156 valence electrons. The predicted molar refractivity (Wildman–Crippen MR) is 103 cm³/mol. The summed E-state index contributed by atoms with van der Waals surface area (Å²) < 4.78 is 34.9. The molecule has 1 amide bonds. The Morgan fingerprint density at radius 1 is 1.25 bits per heavy atom. The zero-order chi connectivity index (χ0) is 20.4. The van der Waals surface area contributed by atoms with Gasteiger partial charge in [-0.1, -0.05) is 19.3 Å². The summed E-state index contributed by atoms with van der Waals surface area (Å²) in [5.41, 5.74) is 0.481. The van der Waals surface area contributed by atoms with Crippen molar-refractivity contribution in [1.82, 2.24) is 16.0 Å². The fraction of sp³-hybridized carbons (Fsp3) is 0.579. The summed E-state index contributed by atoms with van der Waals surface area (Å²) in [6.07, 6.45) is 5.54. The highest BCUT2D eigenvalue weighted by atomic mass is 19.3. The van der Waals surface area contributed by atoms with Gasteiger partial charge in [0.1, 0.15) is 11.5 Å². The average molecular weight is 398 g/mol. The topological polar surface area (TPSA) is 84.0 Å². The van der Waals surface area contributed by atoms with Crippen LogP contribution in [0.2, 0.25) is 0 Å². The molecule has 0 bridgehead atoms. The summed E-state index contributed by atoms with van der Waals surface area (Å²) in [5.74, 6) is 0.851. The van der Waals surface area contributed by atoms with Gasteiger partial charge in [0.2, 0.25) is 5.91 Å². The van der Waals surface area contributed by atoms with Gasteiger partial charge in [0, 0.05) is 25.2 Å². The van der Waals surface area contributed by atoms with E-state index in [-0.39, 0.29) is 30.8 Å². The number of benzene rings is 1. The molecule has 1 aliphatic carbocycles. The van der Waals surface area contributed by atoms with Crippen LogP contribution in [0.3, 0.4) is 0 Å². The van der Waals surface area contributed by atoms with E-state index in [2.05, 4.69) is 25.7 Å². The highest BCUT2D eigenvalue weighted by Gasteiger charge is 2.16. The minimum atomic E-state index is -2.92. The van der Waals surface area contributed by atoms with Crippen LogP contribution in [0.4, 0.5) is 8.78 Å². The third kappa shape index (κ3) is 7.21. The first kappa shape index (κ1) is 21.7. The number of carbonyl (C=O) groups is 1. The SMILES string of the molecule is CN=C(NCC(=O)NC1CCCCC1)NCc1cc(OC)ccc1OC(F)F. The van der Waals surface area contributed by atoms with E-state index in [9.17, 15) is 13.6 Å². The van der Waals surface area contributed by atoms with Gasteiger partial charge in [0.15, 0.2) is 5.96 Å². The molecule has 0 aromatic heterocycles. The molecule has 1 aromatic carbocycles. The van der Waals surface area contributed by atoms with E-state index in [0.29, 0.717) is 17.3 Å². The van der Waals surface area contributed by atoms with Crippen LogP contribution >= 0.6 is 0 Å². The highest BCUT2D eigenvalue weighted by Crippen LogP contribution is 2.25. The largest absolute Gasteiger partial charge is 0.497 e. The van der Waals surface area contributed by atoms with Crippen molar-refractivity contribution in [3.63, 3.8) is 0 Å². The molecule has 0 radical (unpaired) electrons. The molecule has 0 atom stereocenters. The number of nitrogens with one attached hydrogen (secondary N) is 3. The quantitative estimate of drug-likeness (QED) is 0.463. The normalized spacial score (nSPS) is 15.2. The van der Waals surface area contributed by atoms with Crippen molar-refractivity contribution in [2.45, 2.75) is 51.3 Å². The van der Waals surface area contributed by atoms with Crippen LogP contribution in [-0.2, 0) is 11.3 Å². The van der Waals surface area contributed by atoms with Gasteiger partial charge in [-0.05, 0) is 31.0 Å². The first-order chi connectivity index (χ1) is 13.5. The number of rotatable bonds is 8. The van der Waals surface area contributed by atoms with E-state index in [1.54, 1.807) is 19.2 Å². The third-order valence-corrected chi connectivity index (χ3v) is 4.54. The summed E-state index contributed by atoms with van der Waals surface area (Å²) in [6.45, 7) is -2.68. The number of aliphatic imine (C=N–C) groups is 1. The van der Waals surface area contributed by atoms with Gasteiger partial charge < -0.3 is 25.4 Å². The summed E-state index contributed by atoms with van der Waals surface area (Å²) in [6, 6.07) is 4.82. The van der Waals surface area contributed by atoms with E-state index in [0.717, 1.165) is 25.7 Å². The molecule has 0 unspecified atom stereocenters. The molecular weight excluding hydrogens is 370 g/mol. The van der Waals surface area contributed by atoms with E-state index in [1.165, 1.54) is 19.6 Å². The minimum Gasteiger partial charge on any atom is -0.497 e. The maximum atomic E-state index is 12.6. The summed E-state index contributed by atoms with van der Waals surface area (Å²) >= 11 is 0. The van der Waals surface area contributed by atoms with E-state index in [1.807, 2.05) is 0 Å². The van der Waals surface area contributed by atoms with Crippen molar-refractivity contribution in [3.05, 3.63) is 23.8 Å². The second-order valence-corrected chi connectivity index (χ2v) is 6.53. The Morgan fingerprint density at radius 3 is 2.64 bits per heavy atom. The maximum Gasteiger partial charge on any atom is 0.387 e. The first-order valence-corrected chi connectivity index (χ1v) is 9.37. The monoisotopic (exact) mass is 398 g/mol. The van der Waals surface area contributed by atoms with Gasteiger partial charge in [0.05, 0.1) is 13.7 Å². The highest BCUT2D eigenvalue weighted by molar-refractivity contribution is 5.86. The molecule has 28 heavy (non-hydrogen) atoms. The number of carbonyl (C=O) groups excluding carboxylic acids is 1. The Hall–Kier alpha value is -2.58. The number of nitrogens with zero attached hydrogens (tertiary/aromatic N) is 1. The lowest BCUT2D eigenvalue weighted by Gasteiger charge is -2.23. The van der Waals surface area contributed by atoms with Gasteiger partial charge in [-0.3, -0.25) is 9.79 Å². The average Bonchev–Trinajstić information content (AvgIpc) is 2.69. The number of methoxy groups -OCH3 is 1. The molecule has 7 nitrogen and oxygen atoms in total. The third-order valence-electron chi connectivity index (χ3n) is 4.54. The molecule has 0 heterocycles. The van der Waals surface area contributed by atoms with Gasteiger partial charge in [-0.2, -0.15) is 8.78 Å². The number of alkyl halides is 2. The number of hydrogen-bond acceptors (Lipinski definition) is 4. The van der Waals surface area contributed by atoms with Crippen LogP contribution in [0.1, 0.15) is 37.7 Å². The fourth-order valence-electron chi connectivity index (χ4n) is 3.12. The standard InChI is InChI=1S/C19H28F2N4O3/c1-22-19(24-12-17(26)25-14-6-4-3-5-7-14)23-11-13-10-15(27-2)8-9-16(13)28-18(20)21/h8-10,14,18H,3-7,11-12H2,1-2H3,(H,25,26)(H2,22,23,24). The molecule has 9 heteroatoms. The van der Waals surface area contributed by atoms with Crippen LogP contribution in [0, 0.1) is 0 Å². The molecule has 0 spiro atoms. The van der Waals surface area contributed by atoms with Gasteiger partial charge in [-0.15, -0.1) is 0 Å². The number of guanidine groups is 1. The number of hydrogen-bond donors (Lipinski definition) is 3. The summed E-state index contributed by atoms with van der Waals surface area (Å²) in [7, 11) is 3.06. The van der Waals surface area contributed by atoms with Crippen molar-refractivity contribution in [3.8, 4) is 11.5 Å². The van der Waals surface area contributed by atoms with Crippen molar-refractivity contribution in [1.29, 1.82) is 0 Å². The lowest BCUT2D eigenvalue weighted by Crippen LogP contribution is -2.45. The Kier molecular flexibility index (Phi) is 8.77. The molecule has 1 aromatic rings. The zero-order valence-electron chi connectivity index (χ0n) is 16.3. The van der Waals surface area contributed by atoms with Crippen molar-refractivity contribution in [2.75, 3.05) is 20.7 Å². The Labute approximate surface area is 163 Å². The van der Waals surface area contributed by atoms with E-state index >= 15 is 0 Å². The molecule has 1 saturated carbocycles. The van der Waals surface area contributed by atoms with Crippen LogP contribution in [0.25, 0.3) is 0 Å². The molecular formula is C19H28F2N4O3. The summed E-state index contributed by atoms with van der Waals surface area (Å²) in [5, 5.41) is 8.93. The van der Waals surface area contributed by atoms with Crippen LogP contribution < -0.4 is 25.4 Å². The minimum absolute atomic E-state index is 0.0498. The lowest BCUT2D eigenvalue weighted by molar-refractivity contribution is -0.120. The summed E-state index contributed by atoms with van der Waals surface area (Å²) in [4.78, 5) is 16.1. The smallest absolute Gasteiger partial charge is 0.387 e. The second-order valence-electron chi connectivity index (χ2n) is 6.53. The fourth-order valence-corrected chi connectivity index (χ4v) is 3.12. The van der Waals surface area contributed by atoms with Gasteiger partial charge in [0.25, 0.3) is 0 Å². The molecule has 0 saturated heterocycles. The van der Waals surface area contributed by atoms with Crippen LogP contribution in [0.15, 0.2) is 23.2 Å². The number of amides is 1. The molecule has 1 aliphatic rings. The van der Waals surface area contributed by atoms with Crippen molar-refractivity contribution >= 4 is 11.9 Å². The molecule has 0 aliphatic heterocycles. The molecule has 1 fully saturated rings. The maximum absolute atomic E-state index is 12.6. The first-order valence-electron chi connectivity index (χ1n) is 9.37. The second kappa shape index (κ2) is 11.3. The lowest BCUT2D eigenvalue weighted by atomic mass is 9.95. The van der Waals surface area contributed by atoms with Gasteiger partial charge >= 0.3 is 6.61 Å².